The molecule has 4 nitrogen and oxygen atoms in total. The minimum absolute atomic E-state index is 0.0250. The van der Waals surface area contributed by atoms with Gasteiger partial charge in [-0.05, 0) is 0 Å². The van der Waals surface area contributed by atoms with Crippen LogP contribution in [0.5, 0.6) is 0 Å². The molecule has 0 aromatic heterocycles. The molecular formula is C3H8BNO3. The lowest BCUT2D eigenvalue weighted by Crippen LogP contribution is -2.11. The summed E-state index contributed by atoms with van der Waals surface area (Å²) >= 11 is 0. The molecule has 3 N–H and O–H groups in total. The predicted molar refractivity (Wildman–Crippen MR) is 29.7 cm³/mol. The molecule has 0 unspecified atom stereocenters. The molecule has 0 amide bonds. The second kappa shape index (κ2) is 4.61. The molecule has 0 rings (SSSR count). The van der Waals surface area contributed by atoms with Crippen molar-refractivity contribution in [2.24, 2.45) is 5.73 Å². The van der Waals surface area contributed by atoms with Crippen LogP contribution in [-0.4, -0.2) is 25.3 Å². The Balaban J connectivity index is 2.82. The van der Waals surface area contributed by atoms with E-state index in [9.17, 15) is 4.79 Å². The van der Waals surface area contributed by atoms with Crippen molar-refractivity contribution in [3.63, 3.8) is 0 Å². The largest absolute Gasteiger partial charge is 0.482 e. The Kier molecular flexibility index (Phi) is 4.30. The molecular weight excluding hydrogens is 109 g/mol. The molecule has 0 saturated heterocycles. The van der Waals surface area contributed by atoms with Crippen LogP contribution in [-0.2, 0) is 9.45 Å². The fraction of sp³-hybridized carbons (Fsp3) is 0.667. The van der Waals surface area contributed by atoms with Crippen molar-refractivity contribution in [3.8, 4) is 0 Å². The van der Waals surface area contributed by atoms with E-state index >= 15 is 0 Å². The van der Waals surface area contributed by atoms with Crippen LogP contribution in [0.1, 0.15) is 0 Å². The van der Waals surface area contributed by atoms with E-state index in [1.165, 1.54) is 0 Å². The van der Waals surface area contributed by atoms with Gasteiger partial charge in [0.1, 0.15) is 0 Å². The molecule has 46 valence electrons. The highest BCUT2D eigenvalue weighted by atomic mass is 16.4. The number of hydrogen-bond acceptors (Lipinski definition) is 3. The first-order valence-corrected chi connectivity index (χ1v) is 2.27. The number of carboxylic acid groups (broad SMARTS) is 1. The van der Waals surface area contributed by atoms with Crippen LogP contribution in [0.15, 0.2) is 0 Å². The predicted octanol–water partition coefficient (Wildman–Crippen LogP) is -1.23. The second-order valence-corrected chi connectivity index (χ2v) is 1.22. The fourth-order valence-corrected chi connectivity index (χ4v) is 0.243. The maximum Gasteiger partial charge on any atom is 0.298 e. The molecule has 0 fully saturated rings. The third kappa shape index (κ3) is 5.45. The van der Waals surface area contributed by atoms with Gasteiger partial charge in [0.15, 0.2) is 0 Å². The SMILES string of the molecule is NCOBCC(=O)O. The van der Waals surface area contributed by atoms with E-state index < -0.39 is 5.97 Å². The van der Waals surface area contributed by atoms with Gasteiger partial charge in [0.05, 0.1) is 6.73 Å². The third-order valence-electron chi connectivity index (χ3n) is 0.578. The lowest BCUT2D eigenvalue weighted by atomic mass is 9.96. The van der Waals surface area contributed by atoms with Crippen LogP contribution in [0, 0.1) is 0 Å². The van der Waals surface area contributed by atoms with Gasteiger partial charge >= 0.3 is 0 Å². The van der Waals surface area contributed by atoms with Gasteiger partial charge in [-0.3, -0.25) is 4.79 Å². The summed E-state index contributed by atoms with van der Waals surface area (Å²) in [5.74, 6) is -0.863. The molecule has 0 saturated carbocycles. The highest BCUT2D eigenvalue weighted by Gasteiger charge is 1.96. The molecule has 0 aliphatic heterocycles. The van der Waals surface area contributed by atoms with Crippen LogP contribution >= 0.6 is 0 Å². The summed E-state index contributed by atoms with van der Waals surface area (Å²) in [6.07, 6.45) is 0.0250. The monoisotopic (exact) mass is 117 g/mol. The molecule has 0 aromatic carbocycles. The van der Waals surface area contributed by atoms with Crippen molar-refractivity contribution >= 4 is 13.5 Å². The minimum Gasteiger partial charge on any atom is -0.482 e. The molecule has 0 radical (unpaired) electrons. The number of carboxylic acids is 1. The summed E-state index contributed by atoms with van der Waals surface area (Å²) in [5, 5.41) is 8.02. The van der Waals surface area contributed by atoms with E-state index in [0.29, 0.717) is 0 Å². The minimum atomic E-state index is -0.863. The van der Waals surface area contributed by atoms with Crippen LogP contribution in [0.3, 0.4) is 0 Å². The van der Waals surface area contributed by atoms with Gasteiger partial charge in [-0.2, -0.15) is 0 Å². The molecule has 0 bridgehead atoms. The summed E-state index contributed by atoms with van der Waals surface area (Å²) in [4.78, 5) is 9.75. The second-order valence-electron chi connectivity index (χ2n) is 1.22. The van der Waals surface area contributed by atoms with E-state index in [1.54, 1.807) is 0 Å². The van der Waals surface area contributed by atoms with Crippen molar-refractivity contribution in [1.29, 1.82) is 0 Å². The lowest BCUT2D eigenvalue weighted by Gasteiger charge is -1.91. The zero-order valence-electron chi connectivity index (χ0n) is 4.46. The zero-order valence-corrected chi connectivity index (χ0v) is 4.46. The molecule has 0 atom stereocenters. The molecule has 0 heterocycles. The van der Waals surface area contributed by atoms with E-state index in [-0.39, 0.29) is 20.5 Å². The van der Waals surface area contributed by atoms with E-state index in [1.807, 2.05) is 0 Å². The van der Waals surface area contributed by atoms with E-state index in [0.717, 1.165) is 0 Å². The number of aliphatic carboxylic acids is 1. The van der Waals surface area contributed by atoms with Gasteiger partial charge in [0, 0.05) is 6.32 Å². The standard InChI is InChI=1S/C3H8BNO3/c5-2-8-4-1-3(6)7/h4H,1-2,5H2,(H,6,7). The van der Waals surface area contributed by atoms with Gasteiger partial charge in [-0.15, -0.1) is 0 Å². The van der Waals surface area contributed by atoms with Crippen molar-refractivity contribution in [1.82, 2.24) is 0 Å². The van der Waals surface area contributed by atoms with Crippen molar-refractivity contribution in [2.45, 2.75) is 6.32 Å². The van der Waals surface area contributed by atoms with E-state index in [2.05, 4.69) is 4.65 Å². The highest BCUT2D eigenvalue weighted by Crippen LogP contribution is 1.76. The van der Waals surface area contributed by atoms with E-state index in [4.69, 9.17) is 10.8 Å². The fourth-order valence-electron chi connectivity index (χ4n) is 0.243. The van der Waals surface area contributed by atoms with Crippen molar-refractivity contribution in [3.05, 3.63) is 0 Å². The molecule has 0 aromatic rings. The first kappa shape index (κ1) is 7.45. The normalized spacial score (nSPS) is 8.62. The Morgan fingerprint density at radius 1 is 1.88 bits per heavy atom. The average Bonchev–Trinajstić information content (AvgIpc) is 1.66. The first-order chi connectivity index (χ1) is 3.77. The van der Waals surface area contributed by atoms with Gasteiger partial charge < -0.3 is 15.5 Å². The number of rotatable bonds is 4. The molecule has 8 heavy (non-hydrogen) atoms. The molecule has 0 spiro atoms. The average molecular weight is 117 g/mol. The van der Waals surface area contributed by atoms with Gasteiger partial charge in [0.2, 0.25) is 0 Å². The lowest BCUT2D eigenvalue weighted by molar-refractivity contribution is -0.134. The van der Waals surface area contributed by atoms with Gasteiger partial charge in [-0.25, -0.2) is 0 Å². The number of nitrogens with two attached hydrogens (primary N) is 1. The Hall–Kier alpha value is -0.545. The Morgan fingerprint density at radius 2 is 2.50 bits per heavy atom. The maximum absolute atomic E-state index is 9.75. The Labute approximate surface area is 47.9 Å². The first-order valence-electron chi connectivity index (χ1n) is 2.27. The number of carbonyl (C=O) groups is 1. The highest BCUT2D eigenvalue weighted by molar-refractivity contribution is 6.33. The number of hydrogen-bond donors (Lipinski definition) is 2. The molecule has 0 aliphatic carbocycles. The summed E-state index contributed by atoms with van der Waals surface area (Å²) in [5.41, 5.74) is 4.90. The summed E-state index contributed by atoms with van der Waals surface area (Å²) < 4.78 is 4.54. The Morgan fingerprint density at radius 3 is 2.88 bits per heavy atom. The quantitative estimate of drug-likeness (QED) is 0.275. The summed E-state index contributed by atoms with van der Waals surface area (Å²) in [6.45, 7) is 0.0906. The van der Waals surface area contributed by atoms with Crippen LogP contribution in [0.4, 0.5) is 0 Å². The van der Waals surface area contributed by atoms with Crippen LogP contribution < -0.4 is 5.73 Å². The molecule has 5 heteroatoms. The van der Waals surface area contributed by atoms with Crippen molar-refractivity contribution in [2.75, 3.05) is 6.73 Å². The van der Waals surface area contributed by atoms with Crippen molar-refractivity contribution < 1.29 is 14.6 Å². The van der Waals surface area contributed by atoms with Crippen LogP contribution in [0.2, 0.25) is 6.32 Å². The summed E-state index contributed by atoms with van der Waals surface area (Å²) in [7, 11) is 0.200. The summed E-state index contributed by atoms with van der Waals surface area (Å²) in [6, 6.07) is 0. The molecule has 0 aliphatic rings. The topological polar surface area (TPSA) is 72.5 Å². The third-order valence-corrected chi connectivity index (χ3v) is 0.578. The van der Waals surface area contributed by atoms with Gasteiger partial charge in [0.25, 0.3) is 13.5 Å². The zero-order chi connectivity index (χ0) is 6.41. The van der Waals surface area contributed by atoms with Gasteiger partial charge in [-0.1, -0.05) is 0 Å². The van der Waals surface area contributed by atoms with Crippen LogP contribution in [0.25, 0.3) is 0 Å². The smallest absolute Gasteiger partial charge is 0.298 e. The Bertz CT molecular complexity index is 76.9. The maximum atomic E-state index is 9.75.